The van der Waals surface area contributed by atoms with Gasteiger partial charge in [0.25, 0.3) is 5.91 Å². The Morgan fingerprint density at radius 3 is 2.27 bits per heavy atom. The summed E-state index contributed by atoms with van der Waals surface area (Å²) in [5.41, 5.74) is 1.28. The Morgan fingerprint density at radius 2 is 1.64 bits per heavy atom. The summed E-state index contributed by atoms with van der Waals surface area (Å²) in [4.78, 5) is 24.0. The summed E-state index contributed by atoms with van der Waals surface area (Å²) in [6.45, 7) is 3.06. The van der Waals surface area contributed by atoms with Crippen LogP contribution in [0.1, 0.15) is 35.7 Å². The van der Waals surface area contributed by atoms with Crippen LogP contribution in [0.25, 0.3) is 0 Å². The lowest BCUT2D eigenvalue weighted by molar-refractivity contribution is -0.684. The number of aromatic nitrogens is 1. The van der Waals surface area contributed by atoms with E-state index < -0.39 is 0 Å². The van der Waals surface area contributed by atoms with Crippen molar-refractivity contribution in [2.24, 2.45) is 0 Å². The van der Waals surface area contributed by atoms with Crippen LogP contribution in [-0.2, 0) is 11.3 Å². The SMILES string of the molecule is CCCCNC(=O)C[n+]1ccc(C(=O)c2ccccc2)cc1. The van der Waals surface area contributed by atoms with Crippen molar-refractivity contribution in [2.75, 3.05) is 6.54 Å². The smallest absolute Gasteiger partial charge is 0.285 e. The molecule has 0 bridgehead atoms. The van der Waals surface area contributed by atoms with E-state index in [2.05, 4.69) is 12.2 Å². The first kappa shape index (κ1) is 15.9. The molecule has 1 aromatic carbocycles. The van der Waals surface area contributed by atoms with Gasteiger partial charge >= 0.3 is 0 Å². The molecular formula is C18H21N2O2+. The van der Waals surface area contributed by atoms with E-state index in [1.807, 2.05) is 18.2 Å². The number of carbonyl (C=O) groups excluding carboxylic acids is 2. The molecule has 22 heavy (non-hydrogen) atoms. The van der Waals surface area contributed by atoms with Gasteiger partial charge in [0.15, 0.2) is 18.2 Å². The molecule has 0 unspecified atom stereocenters. The van der Waals surface area contributed by atoms with Gasteiger partial charge in [-0.3, -0.25) is 9.59 Å². The van der Waals surface area contributed by atoms with Crippen LogP contribution in [0.2, 0.25) is 0 Å². The Balaban J connectivity index is 1.96. The summed E-state index contributed by atoms with van der Waals surface area (Å²) in [7, 11) is 0. The third-order valence-corrected chi connectivity index (χ3v) is 3.37. The molecule has 1 N–H and O–H groups in total. The minimum absolute atomic E-state index is 0.0133. The van der Waals surface area contributed by atoms with Crippen molar-refractivity contribution in [3.8, 4) is 0 Å². The van der Waals surface area contributed by atoms with E-state index in [0.29, 0.717) is 17.7 Å². The number of pyridine rings is 1. The lowest BCUT2D eigenvalue weighted by Crippen LogP contribution is -2.42. The fourth-order valence-corrected chi connectivity index (χ4v) is 2.10. The standard InChI is InChI=1S/C18H20N2O2/c1-2-3-11-19-17(21)14-20-12-9-16(10-13-20)18(22)15-7-5-4-6-8-15/h4-10,12-13H,2-3,11,14H2,1H3/p+1. The first-order valence-electron chi connectivity index (χ1n) is 7.56. The van der Waals surface area contributed by atoms with Crippen molar-refractivity contribution in [1.29, 1.82) is 0 Å². The van der Waals surface area contributed by atoms with Gasteiger partial charge < -0.3 is 5.32 Å². The number of benzene rings is 1. The summed E-state index contributed by atoms with van der Waals surface area (Å²) in [6, 6.07) is 12.7. The molecule has 0 saturated heterocycles. The van der Waals surface area contributed by atoms with E-state index in [1.54, 1.807) is 41.2 Å². The van der Waals surface area contributed by atoms with Crippen LogP contribution in [0.5, 0.6) is 0 Å². The highest BCUT2D eigenvalue weighted by molar-refractivity contribution is 6.08. The fourth-order valence-electron chi connectivity index (χ4n) is 2.10. The molecule has 1 aromatic heterocycles. The molecule has 1 amide bonds. The van der Waals surface area contributed by atoms with E-state index in [-0.39, 0.29) is 18.2 Å². The number of unbranched alkanes of at least 4 members (excludes halogenated alkanes) is 1. The van der Waals surface area contributed by atoms with E-state index in [1.165, 1.54) is 0 Å². The summed E-state index contributed by atoms with van der Waals surface area (Å²) in [5, 5.41) is 2.87. The average Bonchev–Trinajstić information content (AvgIpc) is 2.56. The van der Waals surface area contributed by atoms with E-state index in [4.69, 9.17) is 0 Å². The molecule has 2 aromatic rings. The zero-order valence-corrected chi connectivity index (χ0v) is 12.8. The molecule has 1 heterocycles. The highest BCUT2D eigenvalue weighted by Gasteiger charge is 2.12. The average molecular weight is 297 g/mol. The highest BCUT2D eigenvalue weighted by Crippen LogP contribution is 2.07. The van der Waals surface area contributed by atoms with Crippen molar-refractivity contribution in [2.45, 2.75) is 26.3 Å². The predicted molar refractivity (Wildman–Crippen MR) is 84.4 cm³/mol. The minimum atomic E-state index is -0.0138. The molecule has 0 saturated carbocycles. The summed E-state index contributed by atoms with van der Waals surface area (Å²) >= 11 is 0. The monoisotopic (exact) mass is 297 g/mol. The van der Waals surface area contributed by atoms with Crippen LogP contribution in [0, 0.1) is 0 Å². The van der Waals surface area contributed by atoms with Crippen LogP contribution in [0.3, 0.4) is 0 Å². The number of nitrogens with one attached hydrogen (secondary N) is 1. The third-order valence-electron chi connectivity index (χ3n) is 3.37. The number of carbonyl (C=O) groups is 2. The molecule has 0 atom stereocenters. The Hall–Kier alpha value is -2.49. The van der Waals surface area contributed by atoms with E-state index >= 15 is 0 Å². The van der Waals surface area contributed by atoms with Crippen LogP contribution >= 0.6 is 0 Å². The van der Waals surface area contributed by atoms with Gasteiger partial charge in [0.2, 0.25) is 6.54 Å². The number of hydrogen-bond acceptors (Lipinski definition) is 2. The predicted octanol–water partition coefficient (Wildman–Crippen LogP) is 2.12. The maximum atomic E-state index is 12.3. The van der Waals surface area contributed by atoms with Gasteiger partial charge in [0, 0.05) is 29.8 Å². The summed E-state index contributed by atoms with van der Waals surface area (Å²) in [5.74, 6) is -0.0271. The largest absolute Gasteiger partial charge is 0.351 e. The maximum absolute atomic E-state index is 12.3. The highest BCUT2D eigenvalue weighted by atomic mass is 16.2. The second-order valence-corrected chi connectivity index (χ2v) is 5.16. The van der Waals surface area contributed by atoms with Crippen LogP contribution in [0.4, 0.5) is 0 Å². The van der Waals surface area contributed by atoms with Gasteiger partial charge in [-0.05, 0) is 6.42 Å². The van der Waals surface area contributed by atoms with E-state index in [9.17, 15) is 9.59 Å². The molecular weight excluding hydrogens is 276 g/mol. The van der Waals surface area contributed by atoms with Crippen molar-refractivity contribution in [3.05, 3.63) is 66.0 Å². The van der Waals surface area contributed by atoms with Gasteiger partial charge in [-0.15, -0.1) is 0 Å². The molecule has 2 rings (SSSR count). The number of ketones is 1. The molecule has 0 aliphatic carbocycles. The molecule has 4 nitrogen and oxygen atoms in total. The Labute approximate surface area is 130 Å². The zero-order chi connectivity index (χ0) is 15.8. The normalized spacial score (nSPS) is 10.2. The zero-order valence-electron chi connectivity index (χ0n) is 12.8. The lowest BCUT2D eigenvalue weighted by atomic mass is 10.0. The van der Waals surface area contributed by atoms with Gasteiger partial charge in [0.1, 0.15) is 0 Å². The molecule has 0 radical (unpaired) electrons. The molecule has 4 heteroatoms. The lowest BCUT2D eigenvalue weighted by Gasteiger charge is -2.02. The molecule has 0 aliphatic heterocycles. The number of rotatable bonds is 7. The molecule has 0 fully saturated rings. The minimum Gasteiger partial charge on any atom is -0.351 e. The Kier molecular flexibility index (Phi) is 5.83. The first-order valence-corrected chi connectivity index (χ1v) is 7.56. The van der Waals surface area contributed by atoms with Crippen LogP contribution in [-0.4, -0.2) is 18.2 Å². The van der Waals surface area contributed by atoms with Gasteiger partial charge in [0.05, 0.1) is 0 Å². The van der Waals surface area contributed by atoms with Crippen LogP contribution < -0.4 is 9.88 Å². The molecule has 0 aliphatic rings. The second kappa shape index (κ2) is 8.08. The van der Waals surface area contributed by atoms with Crippen molar-refractivity contribution in [1.82, 2.24) is 5.32 Å². The fraction of sp³-hybridized carbons (Fsp3) is 0.278. The second-order valence-electron chi connectivity index (χ2n) is 5.16. The summed E-state index contributed by atoms with van der Waals surface area (Å²) in [6.07, 6.45) is 5.57. The van der Waals surface area contributed by atoms with Gasteiger partial charge in [-0.1, -0.05) is 43.7 Å². The topological polar surface area (TPSA) is 50.1 Å². The number of amides is 1. The van der Waals surface area contributed by atoms with E-state index in [0.717, 1.165) is 12.8 Å². The first-order chi connectivity index (χ1) is 10.7. The quantitative estimate of drug-likeness (QED) is 0.483. The van der Waals surface area contributed by atoms with Crippen molar-refractivity contribution >= 4 is 11.7 Å². The summed E-state index contributed by atoms with van der Waals surface area (Å²) < 4.78 is 1.77. The van der Waals surface area contributed by atoms with Crippen molar-refractivity contribution in [3.63, 3.8) is 0 Å². The maximum Gasteiger partial charge on any atom is 0.285 e. The van der Waals surface area contributed by atoms with Crippen molar-refractivity contribution < 1.29 is 14.2 Å². The van der Waals surface area contributed by atoms with Gasteiger partial charge in [-0.2, -0.15) is 4.57 Å². The number of nitrogens with zero attached hydrogens (tertiary/aromatic N) is 1. The molecule has 114 valence electrons. The third kappa shape index (κ3) is 4.52. The number of hydrogen-bond donors (Lipinski definition) is 1. The Bertz CT molecular complexity index is 621. The van der Waals surface area contributed by atoms with Crippen LogP contribution in [0.15, 0.2) is 54.9 Å². The van der Waals surface area contributed by atoms with Gasteiger partial charge in [-0.25, -0.2) is 0 Å². The molecule has 0 spiro atoms. The Morgan fingerprint density at radius 1 is 1.00 bits per heavy atom.